The first-order valence-electron chi connectivity index (χ1n) is 3.02. The van der Waals surface area contributed by atoms with Gasteiger partial charge in [-0.25, -0.2) is 0 Å². The molecule has 0 heterocycles. The molecule has 0 aromatic carbocycles. The molecule has 4 nitrogen and oxygen atoms in total. The number of hydrogen-bond acceptors (Lipinski definition) is 4. The van der Waals surface area contributed by atoms with Crippen LogP contribution in [0.15, 0.2) is 0 Å². The second-order valence-electron chi connectivity index (χ2n) is 1.68. The molecule has 0 unspecified atom stereocenters. The van der Waals surface area contributed by atoms with Crippen molar-refractivity contribution in [1.29, 1.82) is 0 Å². The van der Waals surface area contributed by atoms with E-state index in [4.69, 9.17) is 0 Å². The number of esters is 1. The Hall–Kier alpha value is -0.320. The molecule has 0 rings (SSSR count). The summed E-state index contributed by atoms with van der Waals surface area (Å²) in [6, 6.07) is 0. The van der Waals surface area contributed by atoms with Gasteiger partial charge in [0, 0.05) is 5.97 Å². The predicted octanol–water partition coefficient (Wildman–Crippen LogP) is -0.923. The predicted molar refractivity (Wildman–Crippen MR) is 30.9 cm³/mol. The van der Waals surface area contributed by atoms with Crippen molar-refractivity contribution in [3.05, 3.63) is 0 Å². The summed E-state index contributed by atoms with van der Waals surface area (Å²) in [7, 11) is 0. The summed E-state index contributed by atoms with van der Waals surface area (Å²) in [6.07, 6.45) is -0.366. The van der Waals surface area contributed by atoms with Gasteiger partial charge in [-0.3, -0.25) is 4.79 Å². The molecule has 0 atom stereocenters. The van der Waals surface area contributed by atoms with Crippen LogP contribution >= 0.6 is 0 Å². The summed E-state index contributed by atoms with van der Waals surface area (Å²) >= 11 is 0. The van der Waals surface area contributed by atoms with Gasteiger partial charge >= 0.3 is 28.3 Å². The molecular weight excluding hydrogens is 244 g/mol. The minimum absolute atomic E-state index is 0. The molecule has 0 aliphatic heterocycles. The van der Waals surface area contributed by atoms with Gasteiger partial charge in [0.25, 0.3) is 0 Å². The van der Waals surface area contributed by atoms with Crippen molar-refractivity contribution in [3.8, 4) is 0 Å². The van der Waals surface area contributed by atoms with E-state index in [1.54, 1.807) is 6.92 Å². The number of carbonyl (C=O) groups excluding carboxylic acids is 2. The Morgan fingerprint density at radius 1 is 1.36 bits per heavy atom. The minimum atomic E-state index is -1.23. The molecule has 0 saturated heterocycles. The quantitative estimate of drug-likeness (QED) is 0.480. The van der Waals surface area contributed by atoms with Crippen molar-refractivity contribution >= 4 is 11.9 Å². The van der Waals surface area contributed by atoms with E-state index in [9.17, 15) is 14.7 Å². The van der Waals surface area contributed by atoms with Crippen LogP contribution < -0.4 is 5.11 Å². The average molecular weight is 253 g/mol. The zero-order chi connectivity index (χ0) is 7.98. The summed E-state index contributed by atoms with van der Waals surface area (Å²) in [5.41, 5.74) is 0. The van der Waals surface area contributed by atoms with Gasteiger partial charge in [0.15, 0.2) is 0 Å². The van der Waals surface area contributed by atoms with Gasteiger partial charge in [-0.15, -0.1) is 0 Å². The smallest absolute Gasteiger partial charge is 0.550 e. The third kappa shape index (κ3) is 9.68. The number of hydrogen-bond donors (Lipinski definition) is 0. The molecule has 0 aliphatic rings. The SMILES string of the molecule is CCOC(=O)CCC(=O)[O-].[Ag+]. The molecule has 0 aromatic rings. The van der Waals surface area contributed by atoms with Gasteiger partial charge in [-0.1, -0.05) is 0 Å². The fraction of sp³-hybridized carbons (Fsp3) is 0.667. The van der Waals surface area contributed by atoms with Crippen molar-refractivity contribution in [1.82, 2.24) is 0 Å². The Bertz CT molecular complexity index is 135. The maximum absolute atomic E-state index is 10.4. The Labute approximate surface area is 80.4 Å². The first-order chi connectivity index (χ1) is 4.66. The third-order valence-corrected chi connectivity index (χ3v) is 0.839. The van der Waals surface area contributed by atoms with E-state index in [1.807, 2.05) is 0 Å². The number of carbonyl (C=O) groups is 2. The second-order valence-corrected chi connectivity index (χ2v) is 1.68. The molecule has 0 amide bonds. The maximum Gasteiger partial charge on any atom is 1.00 e. The van der Waals surface area contributed by atoms with Crippen LogP contribution in [0.5, 0.6) is 0 Å². The van der Waals surface area contributed by atoms with Crippen LogP contribution in [0.25, 0.3) is 0 Å². The summed E-state index contributed by atoms with van der Waals surface area (Å²) in [4.78, 5) is 20.2. The molecule has 11 heavy (non-hydrogen) atoms. The molecule has 0 bridgehead atoms. The Balaban J connectivity index is 0. The zero-order valence-corrected chi connectivity index (χ0v) is 7.54. The Morgan fingerprint density at radius 2 is 1.91 bits per heavy atom. The van der Waals surface area contributed by atoms with E-state index in [1.165, 1.54) is 0 Å². The van der Waals surface area contributed by atoms with E-state index in [-0.39, 0.29) is 41.8 Å². The molecule has 0 fully saturated rings. The zero-order valence-electron chi connectivity index (χ0n) is 6.06. The van der Waals surface area contributed by atoms with Crippen LogP contribution in [0, 0.1) is 0 Å². The van der Waals surface area contributed by atoms with Crippen molar-refractivity contribution in [2.24, 2.45) is 0 Å². The molecular formula is C6H9AgO4. The van der Waals surface area contributed by atoms with Crippen LogP contribution in [-0.2, 0) is 36.7 Å². The standard InChI is InChI=1S/C6H10O4.Ag/c1-2-10-6(9)4-3-5(7)8;/h2-4H2,1H3,(H,7,8);/q;+1/p-1. The Kier molecular flexibility index (Phi) is 9.40. The van der Waals surface area contributed by atoms with E-state index in [0.29, 0.717) is 0 Å². The van der Waals surface area contributed by atoms with Gasteiger partial charge in [-0.2, -0.15) is 0 Å². The number of rotatable bonds is 4. The van der Waals surface area contributed by atoms with Gasteiger partial charge in [0.1, 0.15) is 0 Å². The maximum atomic E-state index is 10.4. The fourth-order valence-electron chi connectivity index (χ4n) is 0.437. The molecule has 0 saturated carbocycles. The number of aliphatic carboxylic acids is 1. The van der Waals surface area contributed by atoms with Crippen LogP contribution in [0.2, 0.25) is 0 Å². The Morgan fingerprint density at radius 3 is 2.27 bits per heavy atom. The third-order valence-electron chi connectivity index (χ3n) is 0.839. The van der Waals surface area contributed by atoms with E-state index in [2.05, 4.69) is 4.74 Å². The summed E-state index contributed by atoms with van der Waals surface area (Å²) in [5.74, 6) is -1.72. The van der Waals surface area contributed by atoms with Crippen LogP contribution in [0.3, 0.4) is 0 Å². The average Bonchev–Trinajstić information content (AvgIpc) is 1.85. The monoisotopic (exact) mass is 252 g/mol. The van der Waals surface area contributed by atoms with E-state index >= 15 is 0 Å². The van der Waals surface area contributed by atoms with Gasteiger partial charge in [0.05, 0.1) is 13.0 Å². The molecule has 0 radical (unpaired) electrons. The van der Waals surface area contributed by atoms with Gasteiger partial charge < -0.3 is 14.6 Å². The molecule has 68 valence electrons. The first kappa shape index (κ1) is 13.3. The second kappa shape index (κ2) is 7.78. The fourth-order valence-corrected chi connectivity index (χ4v) is 0.437. The normalized spacial score (nSPS) is 8.09. The summed E-state index contributed by atoms with van der Waals surface area (Å²) < 4.78 is 4.46. The van der Waals surface area contributed by atoms with Crippen molar-refractivity contribution < 1.29 is 41.8 Å². The van der Waals surface area contributed by atoms with Crippen LogP contribution in [0.1, 0.15) is 19.8 Å². The molecule has 0 spiro atoms. The number of ether oxygens (including phenoxy) is 1. The summed E-state index contributed by atoms with van der Waals surface area (Å²) in [5, 5.41) is 9.79. The number of carboxylic acid groups (broad SMARTS) is 1. The molecule has 5 heteroatoms. The number of carboxylic acids is 1. The molecule has 0 N–H and O–H groups in total. The minimum Gasteiger partial charge on any atom is -0.550 e. The van der Waals surface area contributed by atoms with E-state index < -0.39 is 11.9 Å². The first-order valence-corrected chi connectivity index (χ1v) is 3.02. The van der Waals surface area contributed by atoms with Crippen molar-refractivity contribution in [2.75, 3.05) is 6.61 Å². The summed E-state index contributed by atoms with van der Waals surface area (Å²) in [6.45, 7) is 1.95. The van der Waals surface area contributed by atoms with Gasteiger partial charge in [-0.05, 0) is 13.3 Å². The largest absolute Gasteiger partial charge is 1.00 e. The van der Waals surface area contributed by atoms with Gasteiger partial charge in [0.2, 0.25) is 0 Å². The molecule has 0 aliphatic carbocycles. The topological polar surface area (TPSA) is 66.4 Å². The molecule has 0 aromatic heterocycles. The van der Waals surface area contributed by atoms with E-state index in [0.717, 1.165) is 0 Å². The van der Waals surface area contributed by atoms with Crippen LogP contribution in [-0.4, -0.2) is 18.5 Å². The van der Waals surface area contributed by atoms with Crippen molar-refractivity contribution in [2.45, 2.75) is 19.8 Å². The van der Waals surface area contributed by atoms with Crippen molar-refractivity contribution in [3.63, 3.8) is 0 Å². The van der Waals surface area contributed by atoms with Crippen LogP contribution in [0.4, 0.5) is 0 Å².